The van der Waals surface area contributed by atoms with Crippen LogP contribution in [0.5, 0.6) is 0 Å². The van der Waals surface area contributed by atoms with Crippen molar-refractivity contribution in [3.05, 3.63) is 42.6 Å². The van der Waals surface area contributed by atoms with Gasteiger partial charge in [0.2, 0.25) is 5.91 Å². The number of hydrogen-bond acceptors (Lipinski definition) is 3. The Morgan fingerprint density at radius 3 is 2.71 bits per heavy atom. The number of amides is 1. The van der Waals surface area contributed by atoms with Crippen molar-refractivity contribution in [3.8, 4) is 11.1 Å². The van der Waals surface area contributed by atoms with Crippen molar-refractivity contribution >= 4 is 17.4 Å². The Hall–Kier alpha value is -2.36. The Bertz CT molecular complexity index is 535. The van der Waals surface area contributed by atoms with Gasteiger partial charge in [-0.1, -0.05) is 12.1 Å². The second-order valence-electron chi connectivity index (χ2n) is 3.73. The van der Waals surface area contributed by atoms with Crippen molar-refractivity contribution in [2.45, 2.75) is 6.92 Å². The van der Waals surface area contributed by atoms with E-state index in [4.69, 9.17) is 5.73 Å². The van der Waals surface area contributed by atoms with E-state index in [2.05, 4.69) is 10.3 Å². The summed E-state index contributed by atoms with van der Waals surface area (Å²) in [6.45, 7) is 1.48. The summed E-state index contributed by atoms with van der Waals surface area (Å²) in [4.78, 5) is 15.0. The molecule has 0 atom stereocenters. The number of benzene rings is 1. The molecule has 0 aliphatic carbocycles. The maximum absolute atomic E-state index is 11.0. The van der Waals surface area contributed by atoms with Crippen molar-refractivity contribution in [3.63, 3.8) is 0 Å². The number of nitrogens with zero attached hydrogens (tertiary/aromatic N) is 1. The second kappa shape index (κ2) is 4.65. The molecule has 0 bridgehead atoms. The van der Waals surface area contributed by atoms with E-state index in [0.717, 1.165) is 16.8 Å². The summed E-state index contributed by atoms with van der Waals surface area (Å²) in [6.07, 6.45) is 1.71. The lowest BCUT2D eigenvalue weighted by Crippen LogP contribution is -2.05. The molecule has 0 radical (unpaired) electrons. The quantitative estimate of drug-likeness (QED) is 0.827. The zero-order chi connectivity index (χ0) is 12.3. The summed E-state index contributed by atoms with van der Waals surface area (Å²) in [5.74, 6) is 0.407. The molecule has 0 spiro atoms. The number of anilines is 2. The molecule has 1 heterocycles. The average Bonchev–Trinajstić information content (AvgIpc) is 2.29. The van der Waals surface area contributed by atoms with Crippen molar-refractivity contribution in [2.75, 3.05) is 11.1 Å². The molecular formula is C13H13N3O. The highest BCUT2D eigenvalue weighted by Crippen LogP contribution is 2.22. The number of hydrogen-bond donors (Lipinski definition) is 2. The number of rotatable bonds is 2. The summed E-state index contributed by atoms with van der Waals surface area (Å²) in [7, 11) is 0. The Morgan fingerprint density at radius 1 is 1.24 bits per heavy atom. The van der Waals surface area contributed by atoms with Gasteiger partial charge in [-0.25, -0.2) is 4.98 Å². The molecule has 1 amide bonds. The van der Waals surface area contributed by atoms with E-state index in [1.165, 1.54) is 6.92 Å². The van der Waals surface area contributed by atoms with Gasteiger partial charge in [-0.3, -0.25) is 4.79 Å². The van der Waals surface area contributed by atoms with Gasteiger partial charge in [0.15, 0.2) is 0 Å². The van der Waals surface area contributed by atoms with E-state index in [9.17, 15) is 4.79 Å². The standard InChI is InChI=1S/C13H13N3O/c1-9(17)16-12-4-2-3-10(7-12)11-5-6-13(14)15-8-11/h2-8H,1H3,(H2,14,15)(H,16,17). The van der Waals surface area contributed by atoms with E-state index in [1.807, 2.05) is 30.3 Å². The van der Waals surface area contributed by atoms with Crippen LogP contribution in [0.25, 0.3) is 11.1 Å². The van der Waals surface area contributed by atoms with E-state index in [0.29, 0.717) is 5.82 Å². The second-order valence-corrected chi connectivity index (χ2v) is 3.73. The Labute approximate surface area is 99.5 Å². The number of aromatic nitrogens is 1. The topological polar surface area (TPSA) is 68.0 Å². The van der Waals surface area contributed by atoms with Crippen molar-refractivity contribution < 1.29 is 4.79 Å². The summed E-state index contributed by atoms with van der Waals surface area (Å²) in [5, 5.41) is 2.74. The molecular weight excluding hydrogens is 214 g/mol. The molecule has 0 fully saturated rings. The van der Waals surface area contributed by atoms with Crippen LogP contribution < -0.4 is 11.1 Å². The van der Waals surface area contributed by atoms with E-state index in [1.54, 1.807) is 12.3 Å². The lowest BCUT2D eigenvalue weighted by Gasteiger charge is -2.05. The molecule has 0 saturated heterocycles. The van der Waals surface area contributed by atoms with Crippen LogP contribution in [0.3, 0.4) is 0 Å². The lowest BCUT2D eigenvalue weighted by atomic mass is 10.1. The highest BCUT2D eigenvalue weighted by molar-refractivity contribution is 5.89. The molecule has 2 aromatic rings. The Kier molecular flexibility index (Phi) is 3.05. The fourth-order valence-electron chi connectivity index (χ4n) is 1.56. The number of nitrogens with two attached hydrogens (primary N) is 1. The Balaban J connectivity index is 2.32. The van der Waals surface area contributed by atoms with Crippen LogP contribution in [0.4, 0.5) is 11.5 Å². The zero-order valence-electron chi connectivity index (χ0n) is 9.47. The van der Waals surface area contributed by atoms with Gasteiger partial charge in [-0.05, 0) is 29.8 Å². The van der Waals surface area contributed by atoms with Crippen LogP contribution in [0.15, 0.2) is 42.6 Å². The van der Waals surface area contributed by atoms with E-state index < -0.39 is 0 Å². The van der Waals surface area contributed by atoms with Crippen LogP contribution in [0.1, 0.15) is 6.92 Å². The number of pyridine rings is 1. The van der Waals surface area contributed by atoms with Crippen LogP contribution in [-0.2, 0) is 4.79 Å². The van der Waals surface area contributed by atoms with E-state index >= 15 is 0 Å². The first-order chi connectivity index (χ1) is 8.15. The van der Waals surface area contributed by atoms with E-state index in [-0.39, 0.29) is 5.91 Å². The number of nitrogens with one attached hydrogen (secondary N) is 1. The molecule has 4 nitrogen and oxygen atoms in total. The first kappa shape index (κ1) is 11.1. The molecule has 4 heteroatoms. The minimum Gasteiger partial charge on any atom is -0.384 e. The molecule has 0 saturated carbocycles. The lowest BCUT2D eigenvalue weighted by molar-refractivity contribution is -0.114. The molecule has 2 rings (SSSR count). The van der Waals surface area contributed by atoms with Gasteiger partial charge in [-0.2, -0.15) is 0 Å². The number of nitrogen functional groups attached to an aromatic ring is 1. The maximum atomic E-state index is 11.0. The van der Waals surface area contributed by atoms with Crippen LogP contribution in [-0.4, -0.2) is 10.9 Å². The van der Waals surface area contributed by atoms with Crippen LogP contribution >= 0.6 is 0 Å². The largest absolute Gasteiger partial charge is 0.384 e. The highest BCUT2D eigenvalue weighted by atomic mass is 16.1. The molecule has 1 aromatic carbocycles. The first-order valence-electron chi connectivity index (χ1n) is 5.25. The average molecular weight is 227 g/mol. The Morgan fingerprint density at radius 2 is 2.06 bits per heavy atom. The van der Waals surface area contributed by atoms with Gasteiger partial charge < -0.3 is 11.1 Å². The molecule has 86 valence electrons. The maximum Gasteiger partial charge on any atom is 0.221 e. The van der Waals surface area contributed by atoms with Crippen molar-refractivity contribution in [1.82, 2.24) is 4.98 Å². The predicted octanol–water partition coefficient (Wildman–Crippen LogP) is 2.29. The molecule has 0 unspecified atom stereocenters. The smallest absolute Gasteiger partial charge is 0.221 e. The molecule has 17 heavy (non-hydrogen) atoms. The fourth-order valence-corrected chi connectivity index (χ4v) is 1.56. The summed E-state index contributed by atoms with van der Waals surface area (Å²) < 4.78 is 0. The van der Waals surface area contributed by atoms with Gasteiger partial charge in [-0.15, -0.1) is 0 Å². The van der Waals surface area contributed by atoms with Gasteiger partial charge in [0.1, 0.15) is 5.82 Å². The van der Waals surface area contributed by atoms with Crippen LogP contribution in [0.2, 0.25) is 0 Å². The van der Waals surface area contributed by atoms with Gasteiger partial charge in [0.05, 0.1) is 0 Å². The SMILES string of the molecule is CC(=O)Nc1cccc(-c2ccc(N)nc2)c1. The normalized spacial score (nSPS) is 9.94. The molecule has 0 aliphatic rings. The first-order valence-corrected chi connectivity index (χ1v) is 5.25. The monoisotopic (exact) mass is 227 g/mol. The molecule has 3 N–H and O–H groups in total. The zero-order valence-corrected chi connectivity index (χ0v) is 9.47. The summed E-state index contributed by atoms with van der Waals surface area (Å²) >= 11 is 0. The fraction of sp³-hybridized carbons (Fsp3) is 0.0769. The van der Waals surface area contributed by atoms with Gasteiger partial charge in [0, 0.05) is 24.4 Å². The number of carbonyl (C=O) groups excluding carboxylic acids is 1. The third-order valence-corrected chi connectivity index (χ3v) is 2.30. The van der Waals surface area contributed by atoms with Crippen molar-refractivity contribution in [2.24, 2.45) is 0 Å². The van der Waals surface area contributed by atoms with Gasteiger partial charge in [0.25, 0.3) is 0 Å². The minimum absolute atomic E-state index is 0.0856. The van der Waals surface area contributed by atoms with Crippen LogP contribution in [0, 0.1) is 0 Å². The third kappa shape index (κ3) is 2.81. The van der Waals surface area contributed by atoms with Crippen molar-refractivity contribution in [1.29, 1.82) is 0 Å². The minimum atomic E-state index is -0.0856. The summed E-state index contributed by atoms with van der Waals surface area (Å²) in [6, 6.07) is 11.2. The molecule has 0 aliphatic heterocycles. The van der Waals surface area contributed by atoms with Gasteiger partial charge >= 0.3 is 0 Å². The number of carbonyl (C=O) groups is 1. The third-order valence-electron chi connectivity index (χ3n) is 2.30. The predicted molar refractivity (Wildman–Crippen MR) is 68.4 cm³/mol. The molecule has 1 aromatic heterocycles. The summed E-state index contributed by atoms with van der Waals surface area (Å²) in [5.41, 5.74) is 8.26. The highest BCUT2D eigenvalue weighted by Gasteiger charge is 2.00.